The van der Waals surface area contributed by atoms with Crippen molar-refractivity contribution in [2.24, 2.45) is 5.41 Å². The average Bonchev–Trinajstić information content (AvgIpc) is 2.40. The molecule has 0 N–H and O–H groups in total. The zero-order valence-corrected chi connectivity index (χ0v) is 17.4. The molecular weight excluding hydrogens is 307 g/mol. The summed E-state index contributed by atoms with van der Waals surface area (Å²) < 4.78 is 23.9. The van der Waals surface area contributed by atoms with E-state index in [1.54, 1.807) is 6.66 Å². The molecule has 0 aliphatic heterocycles. The third kappa shape index (κ3) is 15.4. The van der Waals surface area contributed by atoms with E-state index >= 15 is 0 Å². The molecule has 2 atom stereocenters. The lowest BCUT2D eigenvalue weighted by Gasteiger charge is -2.24. The molecule has 0 saturated heterocycles. The second kappa shape index (κ2) is 12.5. The van der Waals surface area contributed by atoms with Crippen LogP contribution in [0.2, 0.25) is 0 Å². The summed E-state index contributed by atoms with van der Waals surface area (Å²) in [4.78, 5) is 0. The molecule has 0 amide bonds. The van der Waals surface area contributed by atoms with Crippen molar-refractivity contribution in [2.45, 2.75) is 105 Å². The van der Waals surface area contributed by atoms with Crippen LogP contribution in [-0.2, 0) is 13.6 Å². The average molecular weight is 349 g/mol. The predicted octanol–water partition coefficient (Wildman–Crippen LogP) is 7.20. The highest BCUT2D eigenvalue weighted by molar-refractivity contribution is 7.53. The van der Waals surface area contributed by atoms with Gasteiger partial charge in [0.15, 0.2) is 0 Å². The molecule has 0 aromatic heterocycles. The van der Waals surface area contributed by atoms with E-state index in [1.807, 2.05) is 0 Å². The van der Waals surface area contributed by atoms with Crippen LogP contribution in [0.3, 0.4) is 0 Å². The summed E-state index contributed by atoms with van der Waals surface area (Å²) in [6.07, 6.45) is 11.7. The van der Waals surface area contributed by atoms with Crippen LogP contribution in [0.25, 0.3) is 0 Å². The number of hydrogen-bond donors (Lipinski definition) is 0. The number of rotatable bonds is 14. The van der Waals surface area contributed by atoms with Crippen molar-refractivity contribution in [2.75, 3.05) is 13.3 Å². The summed E-state index contributed by atoms with van der Waals surface area (Å²) in [5.74, 6) is 0. The molecule has 0 aromatic rings. The Morgan fingerprint density at radius 3 is 2.09 bits per heavy atom. The Morgan fingerprint density at radius 1 is 0.913 bits per heavy atom. The molecule has 0 bridgehead atoms. The maximum Gasteiger partial charge on any atom is 0.327 e. The molecule has 0 rings (SSSR count). The molecule has 140 valence electrons. The van der Waals surface area contributed by atoms with E-state index in [9.17, 15) is 4.57 Å². The third-order valence-corrected chi connectivity index (χ3v) is 5.34. The normalized spacial score (nSPS) is 16.3. The summed E-state index contributed by atoms with van der Waals surface area (Å²) in [5.41, 5.74) is 0.196. The van der Waals surface area contributed by atoms with Gasteiger partial charge >= 0.3 is 7.60 Å². The van der Waals surface area contributed by atoms with E-state index in [4.69, 9.17) is 9.05 Å². The topological polar surface area (TPSA) is 35.5 Å². The second-order valence-electron chi connectivity index (χ2n) is 7.99. The fourth-order valence-corrected chi connectivity index (χ4v) is 3.78. The predicted molar refractivity (Wildman–Crippen MR) is 101 cm³/mol. The summed E-state index contributed by atoms with van der Waals surface area (Å²) in [6.45, 7) is 13.0. The molecule has 0 saturated carbocycles. The molecular formula is C19H41O3P. The SMILES string of the molecule is CCCCCCCCC(CCC)OP(C)(=O)OCCC(C)(C)C. The van der Waals surface area contributed by atoms with Gasteiger partial charge in [-0.3, -0.25) is 4.57 Å². The Bertz CT molecular complexity index is 323. The van der Waals surface area contributed by atoms with E-state index in [0.29, 0.717) is 6.61 Å². The first-order valence-corrected chi connectivity index (χ1v) is 11.6. The van der Waals surface area contributed by atoms with Crippen LogP contribution < -0.4 is 0 Å². The zero-order valence-electron chi connectivity index (χ0n) is 16.5. The minimum absolute atomic E-state index is 0.0802. The lowest BCUT2D eigenvalue weighted by molar-refractivity contribution is 0.126. The molecule has 4 heteroatoms. The standard InChI is InChI=1S/C19H41O3P/c1-7-9-10-11-12-13-15-18(14-8-2)22-23(6,20)21-17-16-19(3,4)5/h18H,7-17H2,1-6H3. The van der Waals surface area contributed by atoms with Crippen LogP contribution in [-0.4, -0.2) is 19.4 Å². The van der Waals surface area contributed by atoms with E-state index in [0.717, 1.165) is 32.1 Å². The Morgan fingerprint density at radius 2 is 1.52 bits per heavy atom. The molecule has 0 spiro atoms. The zero-order chi connectivity index (χ0) is 17.8. The summed E-state index contributed by atoms with van der Waals surface area (Å²) in [7, 11) is -2.93. The summed E-state index contributed by atoms with van der Waals surface area (Å²) in [5, 5.41) is 0. The van der Waals surface area contributed by atoms with Crippen LogP contribution in [0.15, 0.2) is 0 Å². The van der Waals surface area contributed by atoms with Crippen molar-refractivity contribution < 1.29 is 13.6 Å². The first-order valence-electron chi connectivity index (χ1n) is 9.60. The van der Waals surface area contributed by atoms with E-state index < -0.39 is 7.60 Å². The third-order valence-electron chi connectivity index (χ3n) is 4.01. The van der Waals surface area contributed by atoms with Gasteiger partial charge in [-0.1, -0.05) is 79.6 Å². The Balaban J connectivity index is 4.09. The Hall–Kier alpha value is 0.150. The first-order chi connectivity index (χ1) is 10.7. The van der Waals surface area contributed by atoms with Gasteiger partial charge in [-0.2, -0.15) is 0 Å². The highest BCUT2D eigenvalue weighted by atomic mass is 31.2. The van der Waals surface area contributed by atoms with Gasteiger partial charge in [0.05, 0.1) is 12.7 Å². The largest absolute Gasteiger partial charge is 0.327 e. The van der Waals surface area contributed by atoms with Crippen molar-refractivity contribution in [3.05, 3.63) is 0 Å². The van der Waals surface area contributed by atoms with Crippen molar-refractivity contribution >= 4 is 7.60 Å². The fraction of sp³-hybridized carbons (Fsp3) is 1.00. The maximum absolute atomic E-state index is 12.5. The molecule has 0 fully saturated rings. The molecule has 0 aromatic carbocycles. The van der Waals surface area contributed by atoms with Crippen LogP contribution in [0.4, 0.5) is 0 Å². The van der Waals surface area contributed by atoms with Gasteiger partial charge in [0, 0.05) is 6.66 Å². The van der Waals surface area contributed by atoms with Gasteiger partial charge in [0.25, 0.3) is 0 Å². The summed E-state index contributed by atoms with van der Waals surface area (Å²) >= 11 is 0. The van der Waals surface area contributed by atoms with Crippen molar-refractivity contribution in [1.29, 1.82) is 0 Å². The Kier molecular flexibility index (Phi) is 12.6. The minimum atomic E-state index is -2.93. The van der Waals surface area contributed by atoms with E-state index in [1.165, 1.54) is 32.1 Å². The molecule has 0 radical (unpaired) electrons. The van der Waals surface area contributed by atoms with E-state index in [-0.39, 0.29) is 11.5 Å². The lowest BCUT2D eigenvalue weighted by Crippen LogP contribution is -2.14. The highest BCUT2D eigenvalue weighted by Gasteiger charge is 2.23. The van der Waals surface area contributed by atoms with Gasteiger partial charge in [-0.25, -0.2) is 0 Å². The number of unbranched alkanes of at least 4 members (excludes halogenated alkanes) is 5. The van der Waals surface area contributed by atoms with Crippen LogP contribution in [0.5, 0.6) is 0 Å². The minimum Gasteiger partial charge on any atom is -0.309 e. The highest BCUT2D eigenvalue weighted by Crippen LogP contribution is 2.47. The lowest BCUT2D eigenvalue weighted by atomic mass is 9.93. The van der Waals surface area contributed by atoms with E-state index in [2.05, 4.69) is 34.6 Å². The molecule has 23 heavy (non-hydrogen) atoms. The van der Waals surface area contributed by atoms with Gasteiger partial charge in [-0.15, -0.1) is 0 Å². The van der Waals surface area contributed by atoms with Crippen LogP contribution >= 0.6 is 7.60 Å². The molecule has 3 nitrogen and oxygen atoms in total. The maximum atomic E-state index is 12.5. The van der Waals surface area contributed by atoms with Crippen molar-refractivity contribution in [1.82, 2.24) is 0 Å². The van der Waals surface area contributed by atoms with Crippen molar-refractivity contribution in [3.8, 4) is 0 Å². The Labute approximate surface area is 145 Å². The molecule has 0 heterocycles. The molecule has 0 aliphatic carbocycles. The smallest absolute Gasteiger partial charge is 0.309 e. The van der Waals surface area contributed by atoms with Crippen LogP contribution in [0, 0.1) is 5.41 Å². The van der Waals surface area contributed by atoms with Gasteiger partial charge in [-0.05, 0) is 24.7 Å². The quantitative estimate of drug-likeness (QED) is 0.246. The second-order valence-corrected chi connectivity index (χ2v) is 10.00. The summed E-state index contributed by atoms with van der Waals surface area (Å²) in [6, 6.07) is 0. The monoisotopic (exact) mass is 348 g/mol. The first kappa shape index (κ1) is 23.1. The molecule has 2 unspecified atom stereocenters. The van der Waals surface area contributed by atoms with Gasteiger partial charge in [0.2, 0.25) is 0 Å². The number of hydrogen-bond acceptors (Lipinski definition) is 3. The van der Waals surface area contributed by atoms with Gasteiger partial charge < -0.3 is 9.05 Å². The fourth-order valence-electron chi connectivity index (χ4n) is 2.54. The molecule has 0 aliphatic rings. The van der Waals surface area contributed by atoms with Crippen LogP contribution in [0.1, 0.15) is 98.8 Å². The van der Waals surface area contributed by atoms with Gasteiger partial charge in [0.1, 0.15) is 0 Å². The van der Waals surface area contributed by atoms with Crippen molar-refractivity contribution in [3.63, 3.8) is 0 Å².